The molecule has 0 aliphatic heterocycles. The topological polar surface area (TPSA) is 95.9 Å². The first kappa shape index (κ1) is 60.8. The average Bonchev–Trinajstić information content (AvgIpc) is 3.28. The summed E-state index contributed by atoms with van der Waals surface area (Å²) in [6, 6.07) is -0.633. The van der Waals surface area contributed by atoms with Gasteiger partial charge in [-0.15, -0.1) is 0 Å². The molecular weight excluding hydrogens is 779 g/mol. The second-order valence-corrected chi connectivity index (χ2v) is 18.5. The van der Waals surface area contributed by atoms with Crippen LogP contribution in [0.4, 0.5) is 0 Å². The van der Waals surface area contributed by atoms with Gasteiger partial charge >= 0.3 is 5.97 Å². The van der Waals surface area contributed by atoms with E-state index >= 15 is 0 Å². The second-order valence-electron chi connectivity index (χ2n) is 18.5. The third-order valence-corrected chi connectivity index (χ3v) is 12.3. The summed E-state index contributed by atoms with van der Waals surface area (Å²) in [5.41, 5.74) is 0. The lowest BCUT2D eigenvalue weighted by Crippen LogP contribution is -2.45. The molecule has 1 amide bonds. The monoisotopic (exact) mass is 884 g/mol. The summed E-state index contributed by atoms with van der Waals surface area (Å²) in [6.45, 7) is 4.83. The number of rotatable bonds is 50. The maximum atomic E-state index is 12.4. The summed E-state index contributed by atoms with van der Waals surface area (Å²) >= 11 is 0. The van der Waals surface area contributed by atoms with Crippen molar-refractivity contribution in [1.29, 1.82) is 0 Å². The number of aliphatic hydroxyl groups is 2. The fourth-order valence-electron chi connectivity index (χ4n) is 8.06. The first-order chi connectivity index (χ1) is 31.0. The van der Waals surface area contributed by atoms with Crippen molar-refractivity contribution < 1.29 is 24.5 Å². The summed E-state index contributed by atoms with van der Waals surface area (Å²) in [5.74, 6) is -0.0862. The van der Waals surface area contributed by atoms with Gasteiger partial charge in [0.1, 0.15) is 0 Å². The number of esters is 1. The van der Waals surface area contributed by atoms with Gasteiger partial charge in [-0.2, -0.15) is 0 Å². The fraction of sp³-hybridized carbons (Fsp3) is 0.825. The third kappa shape index (κ3) is 49.1. The Morgan fingerprint density at radius 2 is 0.810 bits per heavy atom. The molecule has 0 radical (unpaired) electrons. The molecule has 0 spiro atoms. The molecule has 63 heavy (non-hydrogen) atoms. The van der Waals surface area contributed by atoms with Crippen LogP contribution in [0, 0.1) is 0 Å². The summed E-state index contributed by atoms with van der Waals surface area (Å²) < 4.78 is 5.46. The van der Waals surface area contributed by atoms with Gasteiger partial charge in [-0.25, -0.2) is 0 Å². The Hall–Kier alpha value is -2.18. The van der Waals surface area contributed by atoms with Gasteiger partial charge in [0.2, 0.25) is 5.91 Å². The highest BCUT2D eigenvalue weighted by Crippen LogP contribution is 2.15. The van der Waals surface area contributed by atoms with E-state index < -0.39 is 12.1 Å². The molecule has 0 saturated carbocycles. The van der Waals surface area contributed by atoms with Crippen molar-refractivity contribution in [3.05, 3.63) is 48.6 Å². The molecule has 0 aliphatic rings. The van der Waals surface area contributed by atoms with Crippen molar-refractivity contribution in [3.63, 3.8) is 0 Å². The van der Waals surface area contributed by atoms with E-state index in [1.54, 1.807) is 6.08 Å². The first-order valence-corrected chi connectivity index (χ1v) is 27.4. The first-order valence-electron chi connectivity index (χ1n) is 27.4. The number of carbonyl (C=O) groups is 2. The number of ether oxygens (including phenoxy) is 1. The minimum absolute atomic E-state index is 0.00795. The Labute approximate surface area is 391 Å². The van der Waals surface area contributed by atoms with E-state index in [-0.39, 0.29) is 18.5 Å². The van der Waals surface area contributed by atoms with Crippen LogP contribution < -0.4 is 5.32 Å². The van der Waals surface area contributed by atoms with Crippen molar-refractivity contribution in [2.24, 2.45) is 0 Å². The van der Waals surface area contributed by atoms with E-state index in [4.69, 9.17) is 4.74 Å². The van der Waals surface area contributed by atoms with Gasteiger partial charge in [0.15, 0.2) is 0 Å². The number of hydrogen-bond donors (Lipinski definition) is 3. The smallest absolute Gasteiger partial charge is 0.305 e. The van der Waals surface area contributed by atoms with E-state index in [0.29, 0.717) is 19.4 Å². The van der Waals surface area contributed by atoms with Crippen molar-refractivity contribution in [2.45, 2.75) is 289 Å². The van der Waals surface area contributed by atoms with E-state index in [0.717, 1.165) is 57.8 Å². The predicted molar refractivity (Wildman–Crippen MR) is 273 cm³/mol. The molecule has 6 nitrogen and oxygen atoms in total. The Bertz CT molecular complexity index is 1070. The molecule has 0 bridgehead atoms. The highest BCUT2D eigenvalue weighted by atomic mass is 16.5. The molecule has 0 saturated heterocycles. The molecule has 0 aromatic heterocycles. The molecule has 3 N–H and O–H groups in total. The Balaban J connectivity index is 3.45. The molecule has 0 fully saturated rings. The van der Waals surface area contributed by atoms with E-state index in [1.165, 1.54) is 193 Å². The average molecular weight is 884 g/mol. The quantitative estimate of drug-likeness (QED) is 0.0321. The lowest BCUT2D eigenvalue weighted by atomic mass is 10.0. The Kier molecular flexibility index (Phi) is 50.6. The minimum atomic E-state index is -0.848. The van der Waals surface area contributed by atoms with Crippen LogP contribution in [0.25, 0.3) is 0 Å². The largest absolute Gasteiger partial charge is 0.466 e. The van der Waals surface area contributed by atoms with Crippen molar-refractivity contribution >= 4 is 11.9 Å². The van der Waals surface area contributed by atoms with Crippen LogP contribution >= 0.6 is 0 Å². The van der Waals surface area contributed by atoms with Crippen LogP contribution in [0.3, 0.4) is 0 Å². The van der Waals surface area contributed by atoms with Crippen LogP contribution in [0.1, 0.15) is 277 Å². The zero-order valence-electron chi connectivity index (χ0n) is 41.8. The minimum Gasteiger partial charge on any atom is -0.466 e. The molecular formula is C57H105NO5. The maximum Gasteiger partial charge on any atom is 0.305 e. The molecule has 0 aromatic rings. The normalized spacial score (nSPS) is 13.0. The summed E-state index contributed by atoms with van der Waals surface area (Å²) in [6.07, 6.45) is 65.5. The second kappa shape index (κ2) is 52.4. The standard InChI is InChI=1S/C57H105NO5/c1-3-5-7-9-11-13-15-16-27-31-35-39-43-47-51-57(62)63-52-48-44-40-36-32-28-25-23-21-19-17-18-20-22-24-26-30-34-38-42-46-50-56(61)58-54(53-59)55(60)49-45-41-37-33-29-14-12-10-8-6-4-2/h9,11,15-16,18,20,45,49,54-55,59-60H,3-8,10,12-14,17,19,21-44,46-48,50-53H2,1-2H3,(H,58,61)/b11-9-,16-15-,20-18-,49-45+. The van der Waals surface area contributed by atoms with Crippen LogP contribution in [0.2, 0.25) is 0 Å². The molecule has 2 atom stereocenters. The number of unbranched alkanes of at least 4 members (excludes halogenated alkanes) is 33. The highest BCUT2D eigenvalue weighted by molar-refractivity contribution is 5.76. The number of nitrogens with one attached hydrogen (secondary N) is 1. The van der Waals surface area contributed by atoms with Gasteiger partial charge in [-0.1, -0.05) is 229 Å². The van der Waals surface area contributed by atoms with Crippen LogP contribution in [0.5, 0.6) is 0 Å². The highest BCUT2D eigenvalue weighted by Gasteiger charge is 2.18. The van der Waals surface area contributed by atoms with Gasteiger partial charge < -0.3 is 20.3 Å². The van der Waals surface area contributed by atoms with Gasteiger partial charge in [-0.05, 0) is 83.5 Å². The zero-order valence-corrected chi connectivity index (χ0v) is 41.8. The number of amides is 1. The van der Waals surface area contributed by atoms with E-state index in [2.05, 4.69) is 55.6 Å². The third-order valence-electron chi connectivity index (χ3n) is 12.3. The number of allylic oxidation sites excluding steroid dienone is 7. The summed E-state index contributed by atoms with van der Waals surface area (Å²) in [4.78, 5) is 24.4. The fourth-order valence-corrected chi connectivity index (χ4v) is 8.06. The molecule has 0 aromatic carbocycles. The van der Waals surface area contributed by atoms with Gasteiger partial charge in [0.25, 0.3) is 0 Å². The van der Waals surface area contributed by atoms with E-state index in [9.17, 15) is 19.8 Å². The SMILES string of the molecule is CCCC/C=C\C/C=C\CCCCCCCC(=O)OCCCCCCCCCCCC/C=C\CCCCCCCCCC(=O)NC(CO)C(O)/C=C/CCCCCCCCCCC. The van der Waals surface area contributed by atoms with Crippen LogP contribution in [-0.4, -0.2) is 47.4 Å². The van der Waals surface area contributed by atoms with Crippen molar-refractivity contribution in [3.8, 4) is 0 Å². The summed E-state index contributed by atoms with van der Waals surface area (Å²) in [7, 11) is 0. The number of carbonyl (C=O) groups excluding carboxylic acids is 2. The van der Waals surface area contributed by atoms with Crippen LogP contribution in [-0.2, 0) is 14.3 Å². The Morgan fingerprint density at radius 1 is 0.444 bits per heavy atom. The summed E-state index contributed by atoms with van der Waals surface area (Å²) in [5, 5.41) is 23.0. The van der Waals surface area contributed by atoms with Crippen LogP contribution in [0.15, 0.2) is 48.6 Å². The lowest BCUT2D eigenvalue weighted by molar-refractivity contribution is -0.143. The van der Waals surface area contributed by atoms with Gasteiger partial charge in [0.05, 0.1) is 25.4 Å². The van der Waals surface area contributed by atoms with Crippen molar-refractivity contribution in [2.75, 3.05) is 13.2 Å². The molecule has 2 unspecified atom stereocenters. The molecule has 0 heterocycles. The number of aliphatic hydroxyl groups excluding tert-OH is 2. The molecule has 0 rings (SSSR count). The van der Waals surface area contributed by atoms with Crippen molar-refractivity contribution in [1.82, 2.24) is 5.32 Å². The maximum absolute atomic E-state index is 12.4. The number of hydrogen-bond acceptors (Lipinski definition) is 5. The lowest BCUT2D eigenvalue weighted by Gasteiger charge is -2.20. The Morgan fingerprint density at radius 3 is 1.27 bits per heavy atom. The van der Waals surface area contributed by atoms with Gasteiger partial charge in [0, 0.05) is 12.8 Å². The molecule has 0 aliphatic carbocycles. The molecule has 6 heteroatoms. The van der Waals surface area contributed by atoms with Gasteiger partial charge in [-0.3, -0.25) is 9.59 Å². The zero-order chi connectivity index (χ0) is 45.8. The molecule has 368 valence electrons. The predicted octanol–water partition coefficient (Wildman–Crippen LogP) is 16.6. The van der Waals surface area contributed by atoms with E-state index in [1.807, 2.05) is 6.08 Å².